The summed E-state index contributed by atoms with van der Waals surface area (Å²) in [6, 6.07) is 0.347. The summed E-state index contributed by atoms with van der Waals surface area (Å²) >= 11 is 0. The van der Waals surface area contributed by atoms with E-state index in [0.717, 1.165) is 0 Å². The number of aromatic amines is 1. The highest BCUT2D eigenvalue weighted by Crippen LogP contribution is 2.45. The molecule has 1 aromatic heterocycles. The number of carbonyl (C=O) groups excluding carboxylic acids is 1. The number of carbonyl (C=O) groups is 1. The van der Waals surface area contributed by atoms with Crippen LogP contribution in [0.5, 0.6) is 0 Å². The highest BCUT2D eigenvalue weighted by molar-refractivity contribution is 7.51. The molecule has 1 aliphatic heterocycles. The lowest BCUT2D eigenvalue weighted by atomic mass is 10.2. The maximum absolute atomic E-state index is 12.7. The molecule has 27 heavy (non-hydrogen) atoms. The number of aromatic nitrogens is 2. The van der Waals surface area contributed by atoms with Gasteiger partial charge in [-0.05, 0) is 26.7 Å². The third-order valence-corrected chi connectivity index (χ3v) is 5.67. The minimum Gasteiger partial charge on any atom is -0.468 e. The molecule has 1 aromatic rings. The lowest BCUT2D eigenvalue weighted by Gasteiger charge is -2.23. The fourth-order valence-electron chi connectivity index (χ4n) is 2.60. The molecule has 4 atom stereocenters. The third kappa shape index (κ3) is 5.85. The molecule has 1 saturated heterocycles. The van der Waals surface area contributed by atoms with Crippen molar-refractivity contribution in [2.24, 2.45) is 0 Å². The molecular weight excluding hydrogens is 381 g/mol. The number of H-pyrrole nitrogens is 1. The van der Waals surface area contributed by atoms with Gasteiger partial charge in [-0.15, -0.1) is 0 Å². The number of ether oxygens (including phenoxy) is 2. The van der Waals surface area contributed by atoms with Crippen molar-refractivity contribution in [3.8, 4) is 0 Å². The maximum atomic E-state index is 12.7. The van der Waals surface area contributed by atoms with Gasteiger partial charge in [0, 0.05) is 12.3 Å². The van der Waals surface area contributed by atoms with Crippen molar-refractivity contribution in [3.05, 3.63) is 33.1 Å². The number of methoxy groups -OCH3 is 1. The molecule has 11 nitrogen and oxygen atoms in total. The van der Waals surface area contributed by atoms with Crippen LogP contribution in [0.15, 0.2) is 21.9 Å². The number of nitrogens with zero attached hydrogens (tertiary/aromatic N) is 1. The van der Waals surface area contributed by atoms with Gasteiger partial charge in [0.2, 0.25) is 0 Å². The Bertz CT molecular complexity index is 807. The van der Waals surface area contributed by atoms with E-state index in [4.69, 9.17) is 13.8 Å². The predicted molar refractivity (Wildman–Crippen MR) is 94.3 cm³/mol. The lowest BCUT2D eigenvalue weighted by Crippen LogP contribution is -2.34. The fourth-order valence-corrected chi connectivity index (χ4v) is 4.10. The first-order valence-electron chi connectivity index (χ1n) is 8.49. The average Bonchev–Trinajstić information content (AvgIpc) is 3.08. The molecule has 2 heterocycles. The van der Waals surface area contributed by atoms with Crippen LogP contribution in [0.2, 0.25) is 0 Å². The van der Waals surface area contributed by atoms with Crippen molar-refractivity contribution in [2.45, 2.75) is 45.1 Å². The molecule has 1 aliphatic rings. The van der Waals surface area contributed by atoms with E-state index in [1.165, 1.54) is 30.9 Å². The minimum absolute atomic E-state index is 0.0627. The second kappa shape index (κ2) is 9.43. The standard InChI is InChI=1S/C15H24N3O8P/c1-4-24-27(22,17-10(2)14(20)23-3)25-9-11-5-6-13(26-11)18-8-7-12(19)16-15(18)21/h7-8,10-11,13H,4-6,9H2,1-3H3,(H,17,22)(H,16,19,21)/t10?,11-,13+,27?/m0/s1. The van der Waals surface area contributed by atoms with Crippen molar-refractivity contribution in [2.75, 3.05) is 20.3 Å². The van der Waals surface area contributed by atoms with Crippen LogP contribution in [0.3, 0.4) is 0 Å². The molecule has 0 aliphatic carbocycles. The van der Waals surface area contributed by atoms with Crippen LogP contribution in [0.25, 0.3) is 0 Å². The second-order valence-electron chi connectivity index (χ2n) is 5.89. The first kappa shape index (κ1) is 21.5. The summed E-state index contributed by atoms with van der Waals surface area (Å²) in [4.78, 5) is 36.6. The fraction of sp³-hybridized carbons (Fsp3) is 0.667. The number of esters is 1. The van der Waals surface area contributed by atoms with E-state index in [9.17, 15) is 18.9 Å². The van der Waals surface area contributed by atoms with Crippen molar-refractivity contribution >= 4 is 13.7 Å². The summed E-state index contributed by atoms with van der Waals surface area (Å²) in [7, 11) is -2.53. The first-order valence-corrected chi connectivity index (χ1v) is 10.0. The lowest BCUT2D eigenvalue weighted by molar-refractivity contribution is -0.142. The molecule has 0 spiro atoms. The number of nitrogens with one attached hydrogen (secondary N) is 2. The molecule has 0 amide bonds. The summed E-state index contributed by atoms with van der Waals surface area (Å²) in [5, 5.41) is 2.51. The summed E-state index contributed by atoms with van der Waals surface area (Å²) in [6.45, 7) is 3.17. The van der Waals surface area contributed by atoms with Crippen molar-refractivity contribution in [1.82, 2.24) is 14.6 Å². The predicted octanol–water partition coefficient (Wildman–Crippen LogP) is 0.526. The second-order valence-corrected chi connectivity index (χ2v) is 7.66. The van der Waals surface area contributed by atoms with E-state index in [1.54, 1.807) is 6.92 Å². The van der Waals surface area contributed by atoms with Crippen LogP contribution in [-0.4, -0.2) is 48.0 Å². The number of hydrogen-bond donors (Lipinski definition) is 2. The molecule has 2 N–H and O–H groups in total. The van der Waals surface area contributed by atoms with Gasteiger partial charge in [-0.1, -0.05) is 0 Å². The Morgan fingerprint density at radius 3 is 2.81 bits per heavy atom. The van der Waals surface area contributed by atoms with E-state index in [-0.39, 0.29) is 13.2 Å². The third-order valence-electron chi connectivity index (χ3n) is 3.88. The SMILES string of the molecule is CCOP(=O)(NC(C)C(=O)OC)OC[C@@H]1CC[C@H](n2ccc(=O)[nH]c2=O)O1. The van der Waals surface area contributed by atoms with E-state index in [1.807, 2.05) is 0 Å². The van der Waals surface area contributed by atoms with Crippen LogP contribution in [-0.2, 0) is 27.9 Å². The zero-order valence-electron chi connectivity index (χ0n) is 15.4. The van der Waals surface area contributed by atoms with Gasteiger partial charge in [0.25, 0.3) is 5.56 Å². The molecular formula is C15H24N3O8P. The molecule has 2 unspecified atom stereocenters. The summed E-state index contributed by atoms with van der Waals surface area (Å²) in [6.07, 6.45) is 1.44. The maximum Gasteiger partial charge on any atom is 0.406 e. The smallest absolute Gasteiger partial charge is 0.406 e. The van der Waals surface area contributed by atoms with Gasteiger partial charge in [-0.25, -0.2) is 14.4 Å². The van der Waals surface area contributed by atoms with Crippen molar-refractivity contribution in [3.63, 3.8) is 0 Å². The van der Waals surface area contributed by atoms with Crippen LogP contribution in [0.1, 0.15) is 32.9 Å². The Kier molecular flexibility index (Phi) is 7.51. The summed E-state index contributed by atoms with van der Waals surface area (Å²) in [5.41, 5.74) is -1.06. The Labute approximate surface area is 155 Å². The minimum atomic E-state index is -3.75. The summed E-state index contributed by atoms with van der Waals surface area (Å²) < 4.78 is 34.9. The van der Waals surface area contributed by atoms with Crippen LogP contribution < -0.4 is 16.3 Å². The normalized spacial score (nSPS) is 22.9. The largest absolute Gasteiger partial charge is 0.468 e. The van der Waals surface area contributed by atoms with E-state index in [2.05, 4.69) is 14.8 Å². The van der Waals surface area contributed by atoms with Gasteiger partial charge in [0.1, 0.15) is 12.3 Å². The molecule has 152 valence electrons. The van der Waals surface area contributed by atoms with Crippen LogP contribution in [0, 0.1) is 0 Å². The quantitative estimate of drug-likeness (QED) is 0.445. The topological polar surface area (TPSA) is 138 Å². The van der Waals surface area contributed by atoms with Crippen molar-refractivity contribution < 1.29 is 27.9 Å². The van der Waals surface area contributed by atoms with Gasteiger partial charge < -0.3 is 9.47 Å². The van der Waals surface area contributed by atoms with Crippen LogP contribution in [0.4, 0.5) is 0 Å². The molecule has 1 fully saturated rings. The monoisotopic (exact) mass is 405 g/mol. The van der Waals surface area contributed by atoms with Crippen molar-refractivity contribution in [1.29, 1.82) is 0 Å². The average molecular weight is 405 g/mol. The van der Waals surface area contributed by atoms with E-state index >= 15 is 0 Å². The van der Waals surface area contributed by atoms with Gasteiger partial charge in [-0.3, -0.25) is 28.2 Å². The highest BCUT2D eigenvalue weighted by Gasteiger charge is 2.33. The Morgan fingerprint density at radius 1 is 1.44 bits per heavy atom. The molecule has 2 rings (SSSR count). The first-order chi connectivity index (χ1) is 12.8. The zero-order chi connectivity index (χ0) is 20.0. The van der Waals surface area contributed by atoms with E-state index < -0.39 is 43.3 Å². The van der Waals surface area contributed by atoms with Crippen LogP contribution >= 0.6 is 7.75 Å². The molecule has 0 aromatic carbocycles. The number of hydrogen-bond acceptors (Lipinski definition) is 8. The molecule has 12 heteroatoms. The molecule has 0 radical (unpaired) electrons. The molecule has 0 saturated carbocycles. The highest BCUT2D eigenvalue weighted by atomic mass is 31.2. The van der Waals surface area contributed by atoms with Gasteiger partial charge in [-0.2, -0.15) is 0 Å². The number of rotatable bonds is 9. The summed E-state index contributed by atoms with van der Waals surface area (Å²) in [5.74, 6) is -0.604. The van der Waals surface area contributed by atoms with Gasteiger partial charge in [0.15, 0.2) is 0 Å². The van der Waals surface area contributed by atoms with Gasteiger partial charge in [0.05, 0.1) is 26.4 Å². The molecule has 0 bridgehead atoms. The zero-order valence-corrected chi connectivity index (χ0v) is 16.3. The Hall–Kier alpha value is -1.78. The Balaban J connectivity index is 1.96. The Morgan fingerprint density at radius 2 is 2.19 bits per heavy atom. The van der Waals surface area contributed by atoms with E-state index in [0.29, 0.717) is 12.8 Å². The van der Waals surface area contributed by atoms with Gasteiger partial charge >= 0.3 is 19.4 Å².